The molecule has 0 bridgehead atoms. The SMILES string of the molecule is O=C(Cc1coc2ccc(F)cc12)Nc1cccc(C(F)(F)F)c1. The van der Waals surface area contributed by atoms with Crippen LogP contribution in [0.2, 0.25) is 0 Å². The van der Waals surface area contributed by atoms with Crippen LogP contribution in [-0.2, 0) is 17.4 Å². The lowest BCUT2D eigenvalue weighted by Gasteiger charge is -2.09. The van der Waals surface area contributed by atoms with E-state index in [2.05, 4.69) is 5.32 Å². The number of hydrogen-bond acceptors (Lipinski definition) is 2. The molecule has 0 fully saturated rings. The molecule has 0 radical (unpaired) electrons. The van der Waals surface area contributed by atoms with E-state index in [-0.39, 0.29) is 12.1 Å². The van der Waals surface area contributed by atoms with Crippen LogP contribution in [0.4, 0.5) is 23.2 Å². The number of halogens is 4. The number of anilines is 1. The summed E-state index contributed by atoms with van der Waals surface area (Å²) in [4.78, 5) is 12.0. The molecular formula is C17H11F4NO2. The molecule has 1 N–H and O–H groups in total. The minimum Gasteiger partial charge on any atom is -0.464 e. The molecule has 0 saturated carbocycles. The molecule has 124 valence electrons. The highest BCUT2D eigenvalue weighted by Gasteiger charge is 2.30. The Morgan fingerprint density at radius 3 is 2.67 bits per heavy atom. The predicted molar refractivity (Wildman–Crippen MR) is 79.9 cm³/mol. The number of carbonyl (C=O) groups is 1. The van der Waals surface area contributed by atoms with E-state index < -0.39 is 23.5 Å². The van der Waals surface area contributed by atoms with Crippen LogP contribution in [0.25, 0.3) is 11.0 Å². The fourth-order valence-corrected chi connectivity index (χ4v) is 2.34. The quantitative estimate of drug-likeness (QED) is 0.700. The van der Waals surface area contributed by atoms with Crippen molar-refractivity contribution in [2.45, 2.75) is 12.6 Å². The second kappa shape index (κ2) is 5.99. The number of nitrogens with one attached hydrogen (secondary N) is 1. The number of carbonyl (C=O) groups excluding carboxylic acids is 1. The van der Waals surface area contributed by atoms with Gasteiger partial charge in [-0.05, 0) is 36.4 Å². The van der Waals surface area contributed by atoms with Crippen LogP contribution in [0.1, 0.15) is 11.1 Å². The van der Waals surface area contributed by atoms with E-state index in [1.807, 2.05) is 0 Å². The summed E-state index contributed by atoms with van der Waals surface area (Å²) in [6.07, 6.45) is -3.30. The van der Waals surface area contributed by atoms with Crippen LogP contribution in [0, 0.1) is 5.82 Å². The first kappa shape index (κ1) is 16.0. The molecular weight excluding hydrogens is 326 g/mol. The van der Waals surface area contributed by atoms with Crippen molar-refractivity contribution < 1.29 is 26.8 Å². The van der Waals surface area contributed by atoms with Crippen molar-refractivity contribution in [2.24, 2.45) is 0 Å². The monoisotopic (exact) mass is 337 g/mol. The van der Waals surface area contributed by atoms with Crippen molar-refractivity contribution in [1.82, 2.24) is 0 Å². The summed E-state index contributed by atoms with van der Waals surface area (Å²) >= 11 is 0. The summed E-state index contributed by atoms with van der Waals surface area (Å²) in [6, 6.07) is 8.26. The Kier molecular flexibility index (Phi) is 4.01. The Hall–Kier alpha value is -2.83. The van der Waals surface area contributed by atoms with Gasteiger partial charge in [-0.1, -0.05) is 6.07 Å². The molecule has 0 aliphatic carbocycles. The number of amides is 1. The van der Waals surface area contributed by atoms with Crippen molar-refractivity contribution in [3.8, 4) is 0 Å². The van der Waals surface area contributed by atoms with Crippen molar-refractivity contribution in [1.29, 1.82) is 0 Å². The zero-order valence-electron chi connectivity index (χ0n) is 12.2. The molecule has 1 heterocycles. The van der Waals surface area contributed by atoms with E-state index in [4.69, 9.17) is 4.42 Å². The van der Waals surface area contributed by atoms with Crippen LogP contribution in [-0.4, -0.2) is 5.91 Å². The highest BCUT2D eigenvalue weighted by Crippen LogP contribution is 2.30. The third-order valence-corrected chi connectivity index (χ3v) is 3.44. The standard InChI is InChI=1S/C17H11F4NO2/c18-12-4-5-15-14(8-12)10(9-24-15)6-16(23)22-13-3-1-2-11(7-13)17(19,20)21/h1-5,7-9H,6H2,(H,22,23). The molecule has 7 heteroatoms. The molecule has 0 unspecified atom stereocenters. The third-order valence-electron chi connectivity index (χ3n) is 3.44. The van der Waals surface area contributed by atoms with Crippen molar-refractivity contribution in [3.63, 3.8) is 0 Å². The van der Waals surface area contributed by atoms with Gasteiger partial charge in [-0.2, -0.15) is 13.2 Å². The van der Waals surface area contributed by atoms with Gasteiger partial charge in [0.2, 0.25) is 5.91 Å². The van der Waals surface area contributed by atoms with Gasteiger partial charge in [0.1, 0.15) is 11.4 Å². The lowest BCUT2D eigenvalue weighted by atomic mass is 10.1. The summed E-state index contributed by atoms with van der Waals surface area (Å²) < 4.78 is 56.5. The number of fused-ring (bicyclic) bond motifs is 1. The van der Waals surface area contributed by atoms with E-state index in [9.17, 15) is 22.4 Å². The fourth-order valence-electron chi connectivity index (χ4n) is 2.34. The Morgan fingerprint density at radius 2 is 1.92 bits per heavy atom. The maximum atomic E-state index is 13.3. The molecule has 0 spiro atoms. The van der Waals surface area contributed by atoms with Crippen LogP contribution >= 0.6 is 0 Å². The largest absolute Gasteiger partial charge is 0.464 e. The van der Waals surface area contributed by atoms with E-state index in [1.54, 1.807) is 0 Å². The maximum Gasteiger partial charge on any atom is 0.416 e. The Morgan fingerprint density at radius 1 is 1.12 bits per heavy atom. The molecule has 1 amide bonds. The average Bonchev–Trinajstić information content (AvgIpc) is 2.89. The number of hydrogen-bond donors (Lipinski definition) is 1. The van der Waals surface area contributed by atoms with Gasteiger partial charge in [0.15, 0.2) is 0 Å². The minimum atomic E-state index is -4.49. The van der Waals surface area contributed by atoms with Gasteiger partial charge in [-0.25, -0.2) is 4.39 Å². The summed E-state index contributed by atoms with van der Waals surface area (Å²) in [5.41, 5.74) is 0.0668. The Bertz CT molecular complexity index is 899. The fraction of sp³-hybridized carbons (Fsp3) is 0.118. The topological polar surface area (TPSA) is 42.2 Å². The van der Waals surface area contributed by atoms with Gasteiger partial charge in [0.05, 0.1) is 18.2 Å². The number of benzene rings is 2. The molecule has 1 aromatic heterocycles. The smallest absolute Gasteiger partial charge is 0.416 e. The van der Waals surface area contributed by atoms with Gasteiger partial charge in [0, 0.05) is 16.6 Å². The lowest BCUT2D eigenvalue weighted by Crippen LogP contribution is -2.15. The highest BCUT2D eigenvalue weighted by atomic mass is 19.4. The molecule has 3 rings (SSSR count). The lowest BCUT2D eigenvalue weighted by molar-refractivity contribution is -0.137. The second-order valence-corrected chi connectivity index (χ2v) is 5.20. The van der Waals surface area contributed by atoms with Gasteiger partial charge in [-0.15, -0.1) is 0 Å². The normalized spacial score (nSPS) is 11.7. The van der Waals surface area contributed by atoms with Crippen molar-refractivity contribution in [2.75, 3.05) is 5.32 Å². The first-order valence-electron chi connectivity index (χ1n) is 6.96. The van der Waals surface area contributed by atoms with Crippen LogP contribution < -0.4 is 5.32 Å². The van der Waals surface area contributed by atoms with Crippen LogP contribution in [0.5, 0.6) is 0 Å². The third kappa shape index (κ3) is 3.40. The van der Waals surface area contributed by atoms with Crippen molar-refractivity contribution in [3.05, 3.63) is 65.7 Å². The molecule has 3 nitrogen and oxygen atoms in total. The predicted octanol–water partition coefficient (Wildman–Crippen LogP) is 4.77. The summed E-state index contributed by atoms with van der Waals surface area (Å²) in [7, 11) is 0. The molecule has 2 aromatic carbocycles. The van der Waals surface area contributed by atoms with Crippen LogP contribution in [0.3, 0.4) is 0 Å². The van der Waals surface area contributed by atoms with E-state index in [0.29, 0.717) is 16.5 Å². The van der Waals surface area contributed by atoms with Crippen molar-refractivity contribution >= 4 is 22.6 Å². The average molecular weight is 337 g/mol. The number of rotatable bonds is 3. The molecule has 0 saturated heterocycles. The summed E-state index contributed by atoms with van der Waals surface area (Å²) in [5, 5.41) is 2.85. The highest BCUT2D eigenvalue weighted by molar-refractivity contribution is 5.95. The van der Waals surface area contributed by atoms with E-state index in [0.717, 1.165) is 12.1 Å². The van der Waals surface area contributed by atoms with Gasteiger partial charge >= 0.3 is 6.18 Å². The molecule has 0 aliphatic rings. The summed E-state index contributed by atoms with van der Waals surface area (Å²) in [5.74, 6) is -0.996. The Balaban J connectivity index is 1.77. The summed E-state index contributed by atoms with van der Waals surface area (Å²) in [6.45, 7) is 0. The van der Waals surface area contributed by atoms with E-state index >= 15 is 0 Å². The number of alkyl halides is 3. The minimum absolute atomic E-state index is 0.0359. The van der Waals surface area contributed by atoms with Gasteiger partial charge < -0.3 is 9.73 Å². The van der Waals surface area contributed by atoms with E-state index in [1.165, 1.54) is 36.6 Å². The first-order valence-corrected chi connectivity index (χ1v) is 6.96. The zero-order chi connectivity index (χ0) is 17.3. The second-order valence-electron chi connectivity index (χ2n) is 5.20. The van der Waals surface area contributed by atoms with Gasteiger partial charge in [0.25, 0.3) is 0 Å². The Labute approximate surface area is 133 Å². The maximum absolute atomic E-state index is 13.3. The molecule has 24 heavy (non-hydrogen) atoms. The zero-order valence-corrected chi connectivity index (χ0v) is 12.2. The van der Waals surface area contributed by atoms with Crippen LogP contribution in [0.15, 0.2) is 53.1 Å². The molecule has 0 aliphatic heterocycles. The first-order chi connectivity index (χ1) is 11.3. The van der Waals surface area contributed by atoms with Gasteiger partial charge in [-0.3, -0.25) is 4.79 Å². The molecule has 0 atom stereocenters. The molecule has 3 aromatic rings. The number of furan rings is 1.